The van der Waals surface area contributed by atoms with E-state index in [1.165, 1.54) is 6.07 Å². The fraction of sp³-hybridized carbons (Fsp3) is 0.176. The Morgan fingerprint density at radius 3 is 2.46 bits per heavy atom. The number of esters is 2. The Labute approximate surface area is 137 Å². The lowest BCUT2D eigenvalue weighted by Gasteiger charge is -2.19. The third-order valence-electron chi connectivity index (χ3n) is 3.44. The second kappa shape index (κ2) is 6.91. The van der Waals surface area contributed by atoms with E-state index in [0.29, 0.717) is 10.8 Å². The Hall–Kier alpha value is -3.22. The second-order valence-electron chi connectivity index (χ2n) is 4.99. The summed E-state index contributed by atoms with van der Waals surface area (Å²) in [5, 5.41) is 12.6. The molecule has 0 radical (unpaired) electrons. The molecule has 7 nitrogen and oxygen atoms in total. The highest BCUT2D eigenvalue weighted by molar-refractivity contribution is 5.95. The molecule has 2 aromatic rings. The van der Waals surface area contributed by atoms with E-state index >= 15 is 0 Å². The molecule has 0 N–H and O–H groups in total. The number of methoxy groups -OCH3 is 1. The lowest BCUT2D eigenvalue weighted by Crippen LogP contribution is -2.18. The van der Waals surface area contributed by atoms with E-state index in [9.17, 15) is 19.7 Å². The normalized spacial score (nSPS) is 11.6. The molecule has 2 rings (SSSR count). The minimum Gasteiger partial charge on any atom is -0.466 e. The molecule has 0 bridgehead atoms. The van der Waals surface area contributed by atoms with Crippen molar-refractivity contribution in [1.82, 2.24) is 0 Å². The van der Waals surface area contributed by atoms with Gasteiger partial charge in [-0.15, -0.1) is 0 Å². The van der Waals surface area contributed by atoms with Gasteiger partial charge in [0, 0.05) is 6.92 Å². The van der Waals surface area contributed by atoms with Crippen molar-refractivity contribution in [3.63, 3.8) is 0 Å². The Bertz CT molecular complexity index is 842. The summed E-state index contributed by atoms with van der Waals surface area (Å²) in [6, 6.07) is 9.82. The summed E-state index contributed by atoms with van der Waals surface area (Å²) in [5.74, 6) is -1.52. The third kappa shape index (κ3) is 3.24. The van der Waals surface area contributed by atoms with Crippen LogP contribution in [0.4, 0.5) is 5.69 Å². The van der Waals surface area contributed by atoms with Crippen molar-refractivity contribution in [3.8, 4) is 0 Å². The summed E-state index contributed by atoms with van der Waals surface area (Å²) in [5.41, 5.74) is -0.389. The van der Waals surface area contributed by atoms with Crippen molar-refractivity contribution >= 4 is 28.4 Å². The maximum absolute atomic E-state index is 11.8. The highest BCUT2D eigenvalue weighted by Crippen LogP contribution is 2.37. The van der Waals surface area contributed by atoms with Crippen LogP contribution in [0.25, 0.3) is 10.8 Å². The maximum Gasteiger partial charge on any atom is 0.337 e. The Morgan fingerprint density at radius 1 is 1.21 bits per heavy atom. The fourth-order valence-corrected chi connectivity index (χ4v) is 2.41. The highest BCUT2D eigenvalue weighted by Gasteiger charge is 2.32. The summed E-state index contributed by atoms with van der Waals surface area (Å²) >= 11 is 0. The van der Waals surface area contributed by atoms with Gasteiger partial charge in [-0.1, -0.05) is 30.8 Å². The zero-order valence-electron chi connectivity index (χ0n) is 13.1. The molecule has 1 unspecified atom stereocenters. The molecule has 2 aromatic carbocycles. The number of benzene rings is 2. The molecular formula is C17H15NO6. The summed E-state index contributed by atoms with van der Waals surface area (Å²) < 4.78 is 9.70. The van der Waals surface area contributed by atoms with Crippen LogP contribution in [-0.4, -0.2) is 24.0 Å². The van der Waals surface area contributed by atoms with Crippen molar-refractivity contribution in [2.24, 2.45) is 0 Å². The van der Waals surface area contributed by atoms with Gasteiger partial charge in [-0.3, -0.25) is 14.9 Å². The van der Waals surface area contributed by atoms with Crippen molar-refractivity contribution in [2.45, 2.75) is 13.0 Å². The molecule has 0 amide bonds. The van der Waals surface area contributed by atoms with Crippen molar-refractivity contribution in [1.29, 1.82) is 0 Å². The number of hydrogen-bond donors (Lipinski definition) is 0. The summed E-state index contributed by atoms with van der Waals surface area (Å²) in [6.07, 6.45) is -1.31. The van der Waals surface area contributed by atoms with Gasteiger partial charge in [0.1, 0.15) is 0 Å². The number of fused-ring (bicyclic) bond motifs is 1. The Balaban J connectivity index is 2.71. The van der Waals surface area contributed by atoms with Gasteiger partial charge in [-0.05, 0) is 17.5 Å². The molecule has 124 valence electrons. The molecule has 0 aliphatic heterocycles. The second-order valence-corrected chi connectivity index (χ2v) is 4.99. The van der Waals surface area contributed by atoms with Gasteiger partial charge >= 0.3 is 11.9 Å². The van der Waals surface area contributed by atoms with Crippen molar-refractivity contribution in [2.75, 3.05) is 7.11 Å². The zero-order valence-corrected chi connectivity index (χ0v) is 13.1. The topological polar surface area (TPSA) is 95.7 Å². The fourth-order valence-electron chi connectivity index (χ4n) is 2.41. The summed E-state index contributed by atoms with van der Waals surface area (Å²) in [6.45, 7) is 4.70. The molecule has 0 aliphatic rings. The first kappa shape index (κ1) is 17.1. The van der Waals surface area contributed by atoms with E-state index in [0.717, 1.165) is 14.0 Å². The minimum absolute atomic E-state index is 0.0595. The maximum atomic E-state index is 11.8. The van der Waals surface area contributed by atoms with E-state index in [4.69, 9.17) is 4.74 Å². The van der Waals surface area contributed by atoms with Crippen LogP contribution in [0.5, 0.6) is 0 Å². The SMILES string of the molecule is C=C(C(=O)OC)C(OC(C)=O)c1ccc2ccccc2c1[N+](=O)[O-]. The van der Waals surface area contributed by atoms with Gasteiger partial charge in [-0.2, -0.15) is 0 Å². The first-order valence-corrected chi connectivity index (χ1v) is 6.97. The Kier molecular flexibility index (Phi) is 4.93. The molecule has 0 fully saturated rings. The van der Waals surface area contributed by atoms with Gasteiger partial charge in [0.2, 0.25) is 0 Å². The molecule has 0 spiro atoms. The van der Waals surface area contributed by atoms with Gasteiger partial charge in [0.25, 0.3) is 5.69 Å². The van der Waals surface area contributed by atoms with Crippen molar-refractivity contribution < 1.29 is 24.0 Å². The Morgan fingerprint density at radius 2 is 1.88 bits per heavy atom. The van der Waals surface area contributed by atoms with Crippen LogP contribution in [0, 0.1) is 10.1 Å². The number of nitrogens with zero attached hydrogens (tertiary/aromatic N) is 1. The lowest BCUT2D eigenvalue weighted by molar-refractivity contribution is -0.384. The molecule has 0 saturated heterocycles. The number of ether oxygens (including phenoxy) is 2. The molecular weight excluding hydrogens is 314 g/mol. The standard InChI is InChI=1S/C17H15NO6/c1-10(17(20)23-3)16(24-11(2)19)14-9-8-12-6-4-5-7-13(12)15(14)18(21)22/h4-9,16H,1H2,2-3H3. The van der Waals surface area contributed by atoms with E-state index in [1.807, 2.05) is 0 Å². The first-order chi connectivity index (χ1) is 11.4. The molecule has 0 saturated carbocycles. The lowest BCUT2D eigenvalue weighted by atomic mass is 9.96. The quantitative estimate of drug-likeness (QED) is 0.362. The zero-order chi connectivity index (χ0) is 17.9. The van der Waals surface area contributed by atoms with Crippen LogP contribution < -0.4 is 0 Å². The number of nitro benzene ring substituents is 1. The van der Waals surface area contributed by atoms with E-state index in [1.54, 1.807) is 30.3 Å². The largest absolute Gasteiger partial charge is 0.466 e. The summed E-state index contributed by atoms with van der Waals surface area (Å²) in [7, 11) is 1.15. The first-order valence-electron chi connectivity index (χ1n) is 6.97. The highest BCUT2D eigenvalue weighted by atomic mass is 16.6. The third-order valence-corrected chi connectivity index (χ3v) is 3.44. The molecule has 0 heterocycles. The number of nitro groups is 1. The van der Waals surface area contributed by atoms with Gasteiger partial charge in [0.05, 0.1) is 28.6 Å². The molecule has 7 heteroatoms. The number of rotatable bonds is 5. The molecule has 1 atom stereocenters. The van der Waals surface area contributed by atoms with Gasteiger partial charge in [0.15, 0.2) is 6.10 Å². The van der Waals surface area contributed by atoms with Crippen LogP contribution in [0.2, 0.25) is 0 Å². The minimum atomic E-state index is -1.31. The average molecular weight is 329 g/mol. The molecule has 24 heavy (non-hydrogen) atoms. The average Bonchev–Trinajstić information content (AvgIpc) is 2.56. The number of hydrogen-bond acceptors (Lipinski definition) is 6. The molecule has 0 aliphatic carbocycles. The van der Waals surface area contributed by atoms with E-state index in [-0.39, 0.29) is 16.8 Å². The predicted molar refractivity (Wildman–Crippen MR) is 86.3 cm³/mol. The summed E-state index contributed by atoms with van der Waals surface area (Å²) in [4.78, 5) is 34.2. The van der Waals surface area contributed by atoms with Crippen LogP contribution >= 0.6 is 0 Å². The van der Waals surface area contributed by atoms with Crippen LogP contribution in [-0.2, 0) is 19.1 Å². The van der Waals surface area contributed by atoms with E-state index in [2.05, 4.69) is 11.3 Å². The monoisotopic (exact) mass is 329 g/mol. The van der Waals surface area contributed by atoms with Gasteiger partial charge in [-0.25, -0.2) is 4.79 Å². The molecule has 0 aromatic heterocycles. The van der Waals surface area contributed by atoms with Crippen LogP contribution in [0.1, 0.15) is 18.6 Å². The van der Waals surface area contributed by atoms with Gasteiger partial charge < -0.3 is 9.47 Å². The predicted octanol–water partition coefficient (Wildman–Crippen LogP) is 3.08. The van der Waals surface area contributed by atoms with E-state index < -0.39 is 23.0 Å². The van der Waals surface area contributed by atoms with Crippen molar-refractivity contribution in [3.05, 3.63) is 64.2 Å². The number of carbonyl (C=O) groups is 2. The smallest absolute Gasteiger partial charge is 0.337 e. The number of carbonyl (C=O) groups excluding carboxylic acids is 2. The van der Waals surface area contributed by atoms with Crippen LogP contribution in [0.15, 0.2) is 48.6 Å². The van der Waals surface area contributed by atoms with Crippen LogP contribution in [0.3, 0.4) is 0 Å².